The average molecular weight is 47.3 g/mol. The topological polar surface area (TPSA) is 0 Å². The monoisotopic (exact) mass is 48.1 g/mol. The maximum absolute atomic E-state index is 2.00. The summed E-state index contributed by atoms with van der Waals surface area (Å²) in [6.07, 6.45) is 0. The molecule has 0 saturated heterocycles. The van der Waals surface area contributed by atoms with E-state index in [0.717, 1.165) is 0 Å². The Hall–Kier alpha value is 0.260. The molecule has 0 aromatic carbocycles. The van der Waals surface area contributed by atoms with Gasteiger partial charge in [0.15, 0.2) is 0 Å². The van der Waals surface area contributed by atoms with Gasteiger partial charge in [0.1, 0.15) is 0 Å². The van der Waals surface area contributed by atoms with Crippen LogP contribution < -0.4 is 0 Å². The molecule has 0 aliphatic rings. The van der Waals surface area contributed by atoms with Crippen molar-refractivity contribution in [3.05, 3.63) is 0 Å². The van der Waals surface area contributed by atoms with Crippen molar-refractivity contribution in [2.24, 2.45) is 0 Å². The molecule has 0 atom stereocenters. The van der Waals surface area contributed by atoms with Gasteiger partial charge in [0.2, 0.25) is 0 Å². The van der Waals surface area contributed by atoms with Gasteiger partial charge in [0.05, 0.1) is 0 Å². The second-order valence-corrected chi connectivity index (χ2v) is 0.667. The Morgan fingerprint density at radius 2 is 1.25 bits per heavy atom. The summed E-state index contributed by atoms with van der Waals surface area (Å²) in [5.74, 6) is 0. The van der Waals surface area contributed by atoms with Crippen LogP contribution in [-0.2, 0) is 0 Å². The first-order valence-corrected chi connectivity index (χ1v) is 1.49. The van der Waals surface area contributed by atoms with E-state index in [9.17, 15) is 0 Å². The predicted molar refractivity (Wildman–Crippen MR) is 28.6 cm³/mol. The Kier molecular flexibility index (Phi) is 3.47. The van der Waals surface area contributed by atoms with Crippen LogP contribution in [0.3, 0.4) is 0 Å². The molecule has 0 aliphatic heterocycles. The molecule has 0 nitrogen and oxygen atoms in total. The molecule has 0 fully saturated rings. The molecule has 4 heavy (non-hydrogen) atoms. The fraction of sp³-hybridized carbons (Fsp3) is 0. The molecule has 0 N–H and O–H groups in total. The molecule has 0 spiro atoms. The Balaban J connectivity index is 2.55. The average Bonchev–Trinajstić information content (AvgIpc) is 1.37. The van der Waals surface area contributed by atoms with Crippen molar-refractivity contribution in [2.75, 3.05) is 0 Å². The molecule has 4 heteroatoms. The summed E-state index contributed by atoms with van der Waals surface area (Å²) in [4.78, 5) is 0. The van der Waals surface area contributed by atoms with E-state index in [1.807, 2.05) is 28.9 Å². The van der Waals surface area contributed by atoms with E-state index in [2.05, 4.69) is 0 Å². The van der Waals surface area contributed by atoms with Crippen molar-refractivity contribution in [3.8, 4) is 0 Å². The molecule has 0 rings (SSSR count). The first kappa shape index (κ1) is 4.26. The number of rotatable bonds is 0. The minimum absolute atomic E-state index is 2.00. The van der Waals surface area contributed by atoms with Crippen molar-refractivity contribution >= 4 is 28.9 Å². The Bertz CT molecular complexity index is 15.2. The summed E-state index contributed by atoms with van der Waals surface area (Å²) in [7, 11) is 4.00. The zero-order valence-corrected chi connectivity index (χ0v) is 3.15. The van der Waals surface area contributed by atoms with Crippen LogP contribution in [0.5, 0.6) is 0 Å². The van der Waals surface area contributed by atoms with E-state index in [1.54, 1.807) is 0 Å². The van der Waals surface area contributed by atoms with Crippen LogP contribution in [0.1, 0.15) is 0 Å². The third-order valence-corrected chi connectivity index (χ3v) is 0.333. The first-order valence-electron chi connectivity index (χ1n) is 1.49. The third-order valence-electron chi connectivity index (χ3n) is 0.333. The SMILES string of the molecule is BB=BB. The van der Waals surface area contributed by atoms with Crippen molar-refractivity contribution < 1.29 is 0 Å². The molecular formula is H4B4. The molecule has 0 heterocycles. The van der Waals surface area contributed by atoms with Gasteiger partial charge in [-0.2, -0.15) is 0 Å². The Labute approximate surface area is 29.9 Å². The summed E-state index contributed by atoms with van der Waals surface area (Å²) in [5, 5.41) is 0. The summed E-state index contributed by atoms with van der Waals surface area (Å²) < 4.78 is 0. The van der Waals surface area contributed by atoms with Crippen LogP contribution in [0.15, 0.2) is 0 Å². The van der Waals surface area contributed by atoms with Gasteiger partial charge in [-0.05, 0) is 0 Å². The van der Waals surface area contributed by atoms with Gasteiger partial charge in [-0.25, -0.2) is 0 Å². The van der Waals surface area contributed by atoms with Crippen LogP contribution >= 0.6 is 0 Å². The fourth-order valence-electron chi connectivity index (χ4n) is 0. The zero-order valence-electron chi connectivity index (χ0n) is 3.15. The predicted octanol–water partition coefficient (Wildman–Crippen LogP) is -2.59. The summed E-state index contributed by atoms with van der Waals surface area (Å²) in [5.41, 5.74) is 0. The van der Waals surface area contributed by atoms with E-state index in [1.165, 1.54) is 0 Å². The molecule has 0 aromatic heterocycles. The van der Waals surface area contributed by atoms with Gasteiger partial charge in [0.25, 0.3) is 0 Å². The normalized spacial score (nSPS) is 5.00. The van der Waals surface area contributed by atoms with Crippen molar-refractivity contribution in [2.45, 2.75) is 0 Å². The van der Waals surface area contributed by atoms with Gasteiger partial charge in [-0.1, -0.05) is 0 Å². The molecular weight excluding hydrogens is 43.2 g/mol. The Morgan fingerprint density at radius 3 is 1.25 bits per heavy atom. The molecule has 0 aliphatic carbocycles. The molecule has 0 amide bonds. The standard InChI is InChI=1S/B4H4/c1-3-4-2/h1-2H2. The van der Waals surface area contributed by atoms with Gasteiger partial charge in [-0.15, -0.1) is 0 Å². The number of hydrogen-bond donors (Lipinski definition) is 0. The fourth-order valence-corrected chi connectivity index (χ4v) is 0. The Morgan fingerprint density at radius 1 is 1.00 bits per heavy atom. The van der Waals surface area contributed by atoms with Crippen LogP contribution in [0.2, 0.25) is 0 Å². The molecule has 0 aromatic rings. The molecule has 0 unspecified atom stereocenters. The zero-order chi connectivity index (χ0) is 3.41. The van der Waals surface area contributed by atoms with E-state index in [0.29, 0.717) is 0 Å². The van der Waals surface area contributed by atoms with Gasteiger partial charge in [-0.3, -0.25) is 0 Å². The van der Waals surface area contributed by atoms with E-state index in [-0.39, 0.29) is 0 Å². The van der Waals surface area contributed by atoms with E-state index < -0.39 is 0 Å². The molecule has 0 radical (unpaired) electrons. The third kappa shape index (κ3) is 2.26. The van der Waals surface area contributed by atoms with Gasteiger partial charge >= 0.3 is 28.9 Å². The van der Waals surface area contributed by atoms with Gasteiger partial charge in [0, 0.05) is 0 Å². The van der Waals surface area contributed by atoms with Crippen LogP contribution in [0.4, 0.5) is 0 Å². The molecule has 16 valence electrons. The summed E-state index contributed by atoms with van der Waals surface area (Å²) >= 11 is 0. The second-order valence-electron chi connectivity index (χ2n) is 0.667. The number of hydrogen-bond acceptors (Lipinski definition) is 0. The minimum atomic E-state index is 2.00. The van der Waals surface area contributed by atoms with Crippen molar-refractivity contribution in [3.63, 3.8) is 0 Å². The van der Waals surface area contributed by atoms with Crippen LogP contribution in [-0.4, -0.2) is 28.9 Å². The van der Waals surface area contributed by atoms with Crippen molar-refractivity contribution in [1.29, 1.82) is 0 Å². The second kappa shape index (κ2) is 3.26. The van der Waals surface area contributed by atoms with Gasteiger partial charge < -0.3 is 0 Å². The van der Waals surface area contributed by atoms with Crippen molar-refractivity contribution in [1.82, 2.24) is 0 Å². The first-order chi connectivity index (χ1) is 1.91. The van der Waals surface area contributed by atoms with Crippen LogP contribution in [0.25, 0.3) is 0 Å². The molecule has 0 saturated carbocycles. The van der Waals surface area contributed by atoms with Crippen LogP contribution in [0, 0.1) is 0 Å². The summed E-state index contributed by atoms with van der Waals surface area (Å²) in [6.45, 7) is 4.00. The van der Waals surface area contributed by atoms with E-state index >= 15 is 0 Å². The van der Waals surface area contributed by atoms with E-state index in [4.69, 9.17) is 0 Å². The molecule has 0 bridgehead atoms. The maximum atomic E-state index is 2.00. The quantitative estimate of drug-likeness (QED) is 0.263. The summed E-state index contributed by atoms with van der Waals surface area (Å²) in [6, 6.07) is 0.